The normalized spacial score (nSPS) is 12.0. The van der Waals surface area contributed by atoms with Crippen LogP contribution in [0.25, 0.3) is 10.9 Å². The fourth-order valence-electron chi connectivity index (χ4n) is 3.23. The molecule has 3 N–H and O–H groups in total. The third-order valence-electron chi connectivity index (χ3n) is 5.01. The lowest BCUT2D eigenvalue weighted by Gasteiger charge is -2.17. The first kappa shape index (κ1) is 19.2. The van der Waals surface area contributed by atoms with Crippen LogP contribution in [0.5, 0.6) is 5.75 Å². The fourth-order valence-corrected chi connectivity index (χ4v) is 3.44. The molecule has 0 fully saturated rings. The molecular weight excluding hydrogens is 354 g/mol. The standard InChI is InChI=1S/C22H27N3OS/c1-4-15(2)18-7-5-6-8-21(18)25-22(27)23-12-11-16-14-24-20-10-9-17(26-3)13-19(16)20/h5-10,13-15,24H,4,11-12H2,1-3H3,(H2,23,25,27)/t15-/m1/s1. The quantitative estimate of drug-likeness (QED) is 0.491. The molecule has 0 saturated carbocycles. The van der Waals surface area contributed by atoms with E-state index < -0.39 is 0 Å². The highest BCUT2D eigenvalue weighted by atomic mass is 32.1. The molecule has 5 heteroatoms. The summed E-state index contributed by atoms with van der Waals surface area (Å²) in [4.78, 5) is 3.31. The van der Waals surface area contributed by atoms with Crippen molar-refractivity contribution in [3.63, 3.8) is 0 Å². The predicted octanol–water partition coefficient (Wildman–Crippen LogP) is 5.22. The number of nitrogens with one attached hydrogen (secondary N) is 3. The van der Waals surface area contributed by atoms with Crippen molar-refractivity contribution in [2.24, 2.45) is 0 Å². The number of aromatic amines is 1. The molecule has 0 aliphatic rings. The Morgan fingerprint density at radius 3 is 2.81 bits per heavy atom. The average molecular weight is 382 g/mol. The molecule has 4 nitrogen and oxygen atoms in total. The van der Waals surface area contributed by atoms with Crippen LogP contribution < -0.4 is 15.4 Å². The monoisotopic (exact) mass is 381 g/mol. The lowest BCUT2D eigenvalue weighted by atomic mass is 9.97. The number of hydrogen-bond donors (Lipinski definition) is 3. The number of benzene rings is 2. The highest BCUT2D eigenvalue weighted by molar-refractivity contribution is 7.80. The molecule has 3 aromatic rings. The molecule has 0 spiro atoms. The van der Waals surface area contributed by atoms with Gasteiger partial charge in [-0.25, -0.2) is 0 Å². The second kappa shape index (κ2) is 8.91. The van der Waals surface area contributed by atoms with Crippen molar-refractivity contribution in [3.8, 4) is 5.75 Å². The molecule has 2 aromatic carbocycles. The topological polar surface area (TPSA) is 49.1 Å². The van der Waals surface area contributed by atoms with Gasteiger partial charge in [0.1, 0.15) is 5.75 Å². The van der Waals surface area contributed by atoms with Gasteiger partial charge in [0, 0.05) is 29.3 Å². The molecule has 1 atom stereocenters. The van der Waals surface area contributed by atoms with E-state index in [1.165, 1.54) is 16.5 Å². The Kier molecular flexibility index (Phi) is 6.35. The van der Waals surface area contributed by atoms with Crippen LogP contribution in [0.3, 0.4) is 0 Å². The van der Waals surface area contributed by atoms with Gasteiger partial charge in [-0.3, -0.25) is 0 Å². The molecule has 1 heterocycles. The zero-order chi connectivity index (χ0) is 19.2. The maximum Gasteiger partial charge on any atom is 0.170 e. The summed E-state index contributed by atoms with van der Waals surface area (Å²) in [5, 5.41) is 8.52. The maximum atomic E-state index is 5.50. The zero-order valence-corrected chi connectivity index (χ0v) is 17.0. The van der Waals surface area contributed by atoms with Crippen molar-refractivity contribution >= 4 is 33.9 Å². The van der Waals surface area contributed by atoms with E-state index in [0.717, 1.165) is 36.3 Å². The van der Waals surface area contributed by atoms with Gasteiger partial charge in [-0.15, -0.1) is 0 Å². The van der Waals surface area contributed by atoms with Gasteiger partial charge in [-0.2, -0.15) is 0 Å². The first-order chi connectivity index (χ1) is 13.1. The third-order valence-corrected chi connectivity index (χ3v) is 5.25. The predicted molar refractivity (Wildman–Crippen MR) is 118 cm³/mol. The van der Waals surface area contributed by atoms with Crippen molar-refractivity contribution in [2.45, 2.75) is 32.6 Å². The Balaban J connectivity index is 1.59. The van der Waals surface area contributed by atoms with Crippen LogP contribution in [0.15, 0.2) is 48.7 Å². The summed E-state index contributed by atoms with van der Waals surface area (Å²) in [6.07, 6.45) is 4.03. The Labute approximate surface area is 166 Å². The van der Waals surface area contributed by atoms with Crippen LogP contribution in [0, 0.1) is 0 Å². The Morgan fingerprint density at radius 1 is 1.22 bits per heavy atom. The molecule has 0 radical (unpaired) electrons. The molecule has 0 aliphatic carbocycles. The number of hydrogen-bond acceptors (Lipinski definition) is 2. The lowest BCUT2D eigenvalue weighted by molar-refractivity contribution is 0.415. The number of para-hydroxylation sites is 1. The highest BCUT2D eigenvalue weighted by Gasteiger charge is 2.10. The van der Waals surface area contributed by atoms with Crippen molar-refractivity contribution in [2.75, 3.05) is 19.0 Å². The number of H-pyrrole nitrogens is 1. The number of methoxy groups -OCH3 is 1. The lowest BCUT2D eigenvalue weighted by Crippen LogP contribution is -2.30. The molecule has 0 bridgehead atoms. The number of rotatable bonds is 7. The van der Waals surface area contributed by atoms with Crippen LogP contribution in [0.2, 0.25) is 0 Å². The van der Waals surface area contributed by atoms with E-state index in [4.69, 9.17) is 17.0 Å². The summed E-state index contributed by atoms with van der Waals surface area (Å²) in [5.74, 6) is 1.37. The van der Waals surface area contributed by atoms with Gasteiger partial charge in [0.25, 0.3) is 0 Å². The Bertz CT molecular complexity index is 919. The summed E-state index contributed by atoms with van der Waals surface area (Å²) >= 11 is 5.50. The van der Waals surface area contributed by atoms with Crippen molar-refractivity contribution in [3.05, 3.63) is 59.8 Å². The second-order valence-electron chi connectivity index (χ2n) is 6.75. The van der Waals surface area contributed by atoms with Crippen molar-refractivity contribution in [1.29, 1.82) is 0 Å². The van der Waals surface area contributed by atoms with Crippen LogP contribution in [0.1, 0.15) is 37.3 Å². The van der Waals surface area contributed by atoms with Gasteiger partial charge in [0.2, 0.25) is 0 Å². The third kappa shape index (κ3) is 4.61. The smallest absolute Gasteiger partial charge is 0.170 e. The van der Waals surface area contributed by atoms with E-state index >= 15 is 0 Å². The SMILES string of the molecule is CC[C@@H](C)c1ccccc1NC(=S)NCCc1c[nH]c2ccc(OC)cc12. The van der Waals surface area contributed by atoms with Crippen molar-refractivity contribution in [1.82, 2.24) is 10.3 Å². The Hall–Kier alpha value is -2.53. The first-order valence-electron chi connectivity index (χ1n) is 9.40. The summed E-state index contributed by atoms with van der Waals surface area (Å²) in [6, 6.07) is 14.4. The number of thiocarbonyl (C=S) groups is 1. The average Bonchev–Trinajstić information content (AvgIpc) is 3.10. The summed E-state index contributed by atoms with van der Waals surface area (Å²) in [6.45, 7) is 5.21. The largest absolute Gasteiger partial charge is 0.497 e. The van der Waals surface area contributed by atoms with E-state index in [0.29, 0.717) is 11.0 Å². The van der Waals surface area contributed by atoms with E-state index in [2.05, 4.69) is 59.9 Å². The highest BCUT2D eigenvalue weighted by Crippen LogP contribution is 2.26. The van der Waals surface area contributed by atoms with Crippen LogP contribution in [0.4, 0.5) is 5.69 Å². The van der Waals surface area contributed by atoms with E-state index in [9.17, 15) is 0 Å². The van der Waals surface area contributed by atoms with E-state index in [1.54, 1.807) is 7.11 Å². The van der Waals surface area contributed by atoms with Gasteiger partial charge in [0.05, 0.1) is 7.11 Å². The molecule has 27 heavy (non-hydrogen) atoms. The molecule has 0 amide bonds. The van der Waals surface area contributed by atoms with E-state index in [-0.39, 0.29) is 0 Å². The van der Waals surface area contributed by atoms with Gasteiger partial charge in [-0.1, -0.05) is 32.0 Å². The fraction of sp³-hybridized carbons (Fsp3) is 0.318. The van der Waals surface area contributed by atoms with Crippen LogP contribution >= 0.6 is 12.2 Å². The van der Waals surface area contributed by atoms with Gasteiger partial charge < -0.3 is 20.4 Å². The Morgan fingerprint density at radius 2 is 2.04 bits per heavy atom. The molecule has 0 saturated heterocycles. The first-order valence-corrected chi connectivity index (χ1v) is 9.81. The van der Waals surface area contributed by atoms with E-state index in [1.807, 2.05) is 18.2 Å². The van der Waals surface area contributed by atoms with Gasteiger partial charge in [0.15, 0.2) is 5.11 Å². The maximum absolute atomic E-state index is 5.50. The van der Waals surface area contributed by atoms with Crippen molar-refractivity contribution < 1.29 is 4.74 Å². The molecule has 0 aliphatic heterocycles. The molecule has 1 aromatic heterocycles. The van der Waals surface area contributed by atoms with Crippen LogP contribution in [-0.2, 0) is 6.42 Å². The van der Waals surface area contributed by atoms with Gasteiger partial charge >= 0.3 is 0 Å². The summed E-state index contributed by atoms with van der Waals surface area (Å²) < 4.78 is 5.34. The molecule has 0 unspecified atom stereocenters. The summed E-state index contributed by atoms with van der Waals surface area (Å²) in [5.41, 5.74) is 4.75. The zero-order valence-electron chi connectivity index (χ0n) is 16.1. The second-order valence-corrected chi connectivity index (χ2v) is 7.16. The number of aromatic nitrogens is 1. The summed E-state index contributed by atoms with van der Waals surface area (Å²) in [7, 11) is 1.69. The minimum absolute atomic E-state index is 0.498. The minimum Gasteiger partial charge on any atom is -0.497 e. The number of ether oxygens (including phenoxy) is 1. The van der Waals surface area contributed by atoms with Gasteiger partial charge in [-0.05, 0) is 66.4 Å². The number of anilines is 1. The number of fused-ring (bicyclic) bond motifs is 1. The molecule has 142 valence electrons. The molecular formula is C22H27N3OS. The van der Waals surface area contributed by atoms with Crippen LogP contribution in [-0.4, -0.2) is 23.8 Å². The molecule has 3 rings (SSSR count). The minimum atomic E-state index is 0.498.